The molecule has 1 aromatic carbocycles. The lowest BCUT2D eigenvalue weighted by atomic mass is 9.42. The Kier molecular flexibility index (Phi) is 7.72. The predicted molar refractivity (Wildman–Crippen MR) is 174 cm³/mol. The largest absolute Gasteiger partial charge is 0.458 e. The van der Waals surface area contributed by atoms with Crippen LogP contribution in [-0.2, 0) is 44.5 Å². The minimum Gasteiger partial charge on any atom is -0.458 e. The van der Waals surface area contributed by atoms with E-state index < -0.39 is 58.3 Å². The summed E-state index contributed by atoms with van der Waals surface area (Å²) in [4.78, 5) is 52.4. The molecule has 2 aliphatic heterocycles. The lowest BCUT2D eigenvalue weighted by Gasteiger charge is -2.61. The molecule has 3 fully saturated rings. The summed E-state index contributed by atoms with van der Waals surface area (Å²) in [5.41, 5.74) is -0.942. The van der Waals surface area contributed by atoms with Crippen LogP contribution in [0, 0.1) is 28.6 Å². The predicted octanol–water partition coefficient (Wildman–Crippen LogP) is 5.14. The zero-order chi connectivity index (χ0) is 34.4. The first-order valence-corrected chi connectivity index (χ1v) is 17.3. The SMILES string of the molecule is CC(=O)OC1C=C(C(C)C2CC(C)=C(C)C(=O)O2)C2(C)CCC3C(CC4OC45C(OC(=O)CCc4ccccc4)C=CC(=O)C35C)C12O. The molecule has 1 aromatic rings. The highest BCUT2D eigenvalue weighted by Crippen LogP contribution is 2.74. The molecule has 4 aliphatic carbocycles. The maximum Gasteiger partial charge on any atom is 0.333 e. The highest BCUT2D eigenvalue weighted by molar-refractivity contribution is 5.98. The molecule has 11 unspecified atom stereocenters. The number of ether oxygens (including phenoxy) is 4. The molecule has 1 saturated heterocycles. The Labute approximate surface area is 281 Å². The van der Waals surface area contributed by atoms with E-state index in [4.69, 9.17) is 18.9 Å². The number of aliphatic hydroxyl groups is 1. The molecule has 0 bridgehead atoms. The zero-order valence-corrected chi connectivity index (χ0v) is 28.6. The van der Waals surface area contributed by atoms with Gasteiger partial charge in [0.2, 0.25) is 0 Å². The zero-order valence-electron chi connectivity index (χ0n) is 28.6. The van der Waals surface area contributed by atoms with Crippen LogP contribution >= 0.6 is 0 Å². The average molecular weight is 659 g/mol. The van der Waals surface area contributed by atoms with Crippen molar-refractivity contribution >= 4 is 23.7 Å². The van der Waals surface area contributed by atoms with Gasteiger partial charge in [0.1, 0.15) is 23.4 Å². The Hall–Kier alpha value is -3.56. The van der Waals surface area contributed by atoms with Crippen molar-refractivity contribution in [2.75, 3.05) is 0 Å². The van der Waals surface area contributed by atoms with Gasteiger partial charge in [-0.3, -0.25) is 14.4 Å². The van der Waals surface area contributed by atoms with E-state index in [0.717, 1.165) is 16.7 Å². The first-order chi connectivity index (χ1) is 22.7. The molecule has 1 spiro atoms. The number of esters is 3. The van der Waals surface area contributed by atoms with E-state index in [1.165, 1.54) is 13.0 Å². The van der Waals surface area contributed by atoms with Crippen LogP contribution in [0.25, 0.3) is 0 Å². The number of epoxide rings is 1. The summed E-state index contributed by atoms with van der Waals surface area (Å²) in [6, 6.07) is 9.74. The molecule has 0 amide bonds. The Bertz CT molecular complexity index is 1660. The first-order valence-electron chi connectivity index (χ1n) is 17.3. The van der Waals surface area contributed by atoms with Gasteiger partial charge in [0.15, 0.2) is 11.9 Å². The Morgan fingerprint density at radius 3 is 2.48 bits per heavy atom. The lowest BCUT2D eigenvalue weighted by Crippen LogP contribution is -2.70. The van der Waals surface area contributed by atoms with E-state index in [9.17, 15) is 24.3 Å². The molecule has 9 nitrogen and oxygen atoms in total. The van der Waals surface area contributed by atoms with Gasteiger partial charge < -0.3 is 24.1 Å². The molecule has 1 N–H and O–H groups in total. The van der Waals surface area contributed by atoms with Crippen molar-refractivity contribution in [3.63, 3.8) is 0 Å². The van der Waals surface area contributed by atoms with Gasteiger partial charge in [0.05, 0.1) is 11.5 Å². The minimum atomic E-state index is -1.55. The molecule has 9 heteroatoms. The molecule has 2 heterocycles. The number of allylic oxidation sites excluding steroid dienone is 1. The van der Waals surface area contributed by atoms with Gasteiger partial charge in [-0.05, 0) is 82.1 Å². The fraction of sp³-hybridized carbons (Fsp3) is 0.590. The van der Waals surface area contributed by atoms with Crippen molar-refractivity contribution in [3.05, 3.63) is 70.8 Å². The van der Waals surface area contributed by atoms with Crippen LogP contribution in [0.5, 0.6) is 0 Å². The summed E-state index contributed by atoms with van der Waals surface area (Å²) >= 11 is 0. The Morgan fingerprint density at radius 1 is 1.06 bits per heavy atom. The highest BCUT2D eigenvalue weighted by atomic mass is 16.7. The number of benzene rings is 1. The molecular weight excluding hydrogens is 612 g/mol. The maximum absolute atomic E-state index is 14.0. The Balaban J connectivity index is 1.19. The van der Waals surface area contributed by atoms with Crippen molar-refractivity contribution in [2.24, 2.45) is 28.6 Å². The smallest absolute Gasteiger partial charge is 0.333 e. The standard InChI is InChI=1S/C39H46O9/c1-21-18-29(46-35(43)22(21)2)23(3)27-19-32(45-24(4)40)38(44)28-20-33-39(48-33)31(47-34(42)15-12-25-10-8-7-9-11-25)14-13-30(41)37(39,6)26(28)16-17-36(27,38)5/h7-11,13-14,19,23,26,28-29,31-33,44H,12,15-18,20H2,1-6H3. The van der Waals surface area contributed by atoms with Gasteiger partial charge in [0.25, 0.3) is 0 Å². The van der Waals surface area contributed by atoms with Crippen LogP contribution in [0.1, 0.15) is 79.2 Å². The van der Waals surface area contributed by atoms with Crippen molar-refractivity contribution in [3.8, 4) is 0 Å². The summed E-state index contributed by atoms with van der Waals surface area (Å²) in [7, 11) is 0. The summed E-state index contributed by atoms with van der Waals surface area (Å²) in [6.45, 7) is 11.0. The summed E-state index contributed by atoms with van der Waals surface area (Å²) in [5.74, 6) is -2.37. The lowest BCUT2D eigenvalue weighted by molar-refractivity contribution is -0.225. The summed E-state index contributed by atoms with van der Waals surface area (Å²) in [5, 5.41) is 13.1. The van der Waals surface area contributed by atoms with E-state index in [1.54, 1.807) is 13.0 Å². The van der Waals surface area contributed by atoms with Crippen molar-refractivity contribution in [1.82, 2.24) is 0 Å². The van der Waals surface area contributed by atoms with Gasteiger partial charge in [0, 0.05) is 36.7 Å². The third kappa shape index (κ3) is 4.49. The number of hydrogen-bond donors (Lipinski definition) is 1. The van der Waals surface area contributed by atoms with Crippen LogP contribution in [-0.4, -0.2) is 64.4 Å². The number of rotatable bonds is 7. The van der Waals surface area contributed by atoms with Gasteiger partial charge in [-0.15, -0.1) is 0 Å². The molecule has 2 saturated carbocycles. The molecular formula is C39H46O9. The number of fused-ring (bicyclic) bond motifs is 4. The number of hydrogen-bond acceptors (Lipinski definition) is 9. The van der Waals surface area contributed by atoms with E-state index in [-0.39, 0.29) is 36.0 Å². The van der Waals surface area contributed by atoms with Crippen LogP contribution in [0.15, 0.2) is 65.3 Å². The normalized spacial score (nSPS) is 41.6. The molecule has 6 aliphatic rings. The summed E-state index contributed by atoms with van der Waals surface area (Å²) < 4.78 is 24.4. The average Bonchev–Trinajstić information content (AvgIpc) is 3.74. The van der Waals surface area contributed by atoms with Gasteiger partial charge in [-0.25, -0.2) is 4.79 Å². The van der Waals surface area contributed by atoms with Crippen molar-refractivity contribution in [1.29, 1.82) is 0 Å². The van der Waals surface area contributed by atoms with Crippen LogP contribution in [0.3, 0.4) is 0 Å². The van der Waals surface area contributed by atoms with E-state index >= 15 is 0 Å². The number of aryl methyl sites for hydroxylation is 1. The van der Waals surface area contributed by atoms with Crippen LogP contribution < -0.4 is 0 Å². The third-order valence-electron chi connectivity index (χ3n) is 13.2. The second-order valence-electron chi connectivity index (χ2n) is 15.4. The fourth-order valence-corrected chi connectivity index (χ4v) is 10.3. The Morgan fingerprint density at radius 2 is 1.79 bits per heavy atom. The maximum atomic E-state index is 14.0. The molecule has 256 valence electrons. The van der Waals surface area contributed by atoms with Crippen LogP contribution in [0.2, 0.25) is 0 Å². The first kappa shape index (κ1) is 33.0. The topological polar surface area (TPSA) is 129 Å². The molecule has 11 atom stereocenters. The number of cyclic esters (lactones) is 1. The van der Waals surface area contributed by atoms with E-state index in [0.29, 0.717) is 37.7 Å². The van der Waals surface area contributed by atoms with Gasteiger partial charge in [-0.2, -0.15) is 0 Å². The van der Waals surface area contributed by atoms with E-state index in [2.05, 4.69) is 0 Å². The number of carbonyl (C=O) groups excluding carboxylic acids is 4. The van der Waals surface area contributed by atoms with Crippen LogP contribution in [0.4, 0.5) is 0 Å². The van der Waals surface area contributed by atoms with E-state index in [1.807, 2.05) is 64.1 Å². The second kappa shape index (κ2) is 11.2. The summed E-state index contributed by atoms with van der Waals surface area (Å²) in [6.07, 6.45) is 5.35. The molecule has 48 heavy (non-hydrogen) atoms. The minimum absolute atomic E-state index is 0.112. The van der Waals surface area contributed by atoms with Crippen molar-refractivity contribution < 1.29 is 43.2 Å². The second-order valence-corrected chi connectivity index (χ2v) is 15.4. The quantitative estimate of drug-likeness (QED) is 0.183. The molecule has 7 rings (SSSR count). The number of ketones is 1. The van der Waals surface area contributed by atoms with Crippen molar-refractivity contribution in [2.45, 2.75) is 116 Å². The molecule has 0 aromatic heterocycles. The van der Waals surface area contributed by atoms with Gasteiger partial charge >= 0.3 is 17.9 Å². The third-order valence-corrected chi connectivity index (χ3v) is 13.2. The monoisotopic (exact) mass is 658 g/mol. The highest BCUT2D eigenvalue weighted by Gasteiger charge is 2.83. The fourth-order valence-electron chi connectivity index (χ4n) is 10.3. The molecule has 0 radical (unpaired) electrons. The number of carbonyl (C=O) groups is 4. The van der Waals surface area contributed by atoms with Gasteiger partial charge in [-0.1, -0.05) is 55.3 Å².